The summed E-state index contributed by atoms with van der Waals surface area (Å²) in [4.78, 5) is 23.2. The molecule has 0 amide bonds. The van der Waals surface area contributed by atoms with Crippen LogP contribution in [-0.2, 0) is 19.1 Å². The van der Waals surface area contributed by atoms with E-state index in [1.54, 1.807) is 20.8 Å². The van der Waals surface area contributed by atoms with Crippen LogP contribution in [0.3, 0.4) is 0 Å². The summed E-state index contributed by atoms with van der Waals surface area (Å²) in [6, 6.07) is 0. The number of unbranched alkanes of at least 4 members (excludes halogenated alkanes) is 12. The highest BCUT2D eigenvalue weighted by atomic mass is 16.6. The van der Waals surface area contributed by atoms with Crippen LogP contribution in [0.25, 0.3) is 0 Å². The lowest BCUT2D eigenvalue weighted by Gasteiger charge is -2.16. The summed E-state index contributed by atoms with van der Waals surface area (Å²) >= 11 is 0. The second-order valence-electron chi connectivity index (χ2n) is 8.60. The van der Waals surface area contributed by atoms with Crippen molar-refractivity contribution < 1.29 is 19.1 Å². The van der Waals surface area contributed by atoms with Crippen molar-refractivity contribution in [3.8, 4) is 0 Å². The maximum absolute atomic E-state index is 11.6. The highest BCUT2D eigenvalue weighted by Crippen LogP contribution is 2.15. The van der Waals surface area contributed by atoms with Crippen molar-refractivity contribution in [1.82, 2.24) is 0 Å². The summed E-state index contributed by atoms with van der Waals surface area (Å²) < 4.78 is 10.2. The first-order valence-electron chi connectivity index (χ1n) is 11.2. The van der Waals surface area contributed by atoms with Crippen LogP contribution in [0, 0.1) is 5.41 Å². The molecule has 0 bridgehead atoms. The van der Waals surface area contributed by atoms with E-state index in [-0.39, 0.29) is 25.2 Å². The first-order valence-corrected chi connectivity index (χ1v) is 11.2. The zero-order valence-corrected chi connectivity index (χ0v) is 18.4. The number of carbonyl (C=O) groups excluding carboxylic acids is 2. The minimum absolute atomic E-state index is 0.139. The van der Waals surface area contributed by atoms with Gasteiger partial charge >= 0.3 is 11.9 Å². The third kappa shape index (κ3) is 18.1. The number of hydrogen-bond donors (Lipinski definition) is 0. The first-order chi connectivity index (χ1) is 12.9. The molecule has 0 unspecified atom stereocenters. The van der Waals surface area contributed by atoms with Gasteiger partial charge in [-0.15, -0.1) is 0 Å². The molecule has 0 saturated carbocycles. The van der Waals surface area contributed by atoms with Crippen LogP contribution < -0.4 is 0 Å². The Hall–Kier alpha value is -1.06. The molecule has 0 aliphatic rings. The highest BCUT2D eigenvalue weighted by molar-refractivity contribution is 5.75. The molecule has 0 N–H and O–H groups in total. The third-order valence-corrected chi connectivity index (χ3v) is 4.68. The molecule has 160 valence electrons. The highest BCUT2D eigenvalue weighted by Gasteiger charge is 2.22. The zero-order chi connectivity index (χ0) is 20.4. The summed E-state index contributed by atoms with van der Waals surface area (Å²) in [5, 5.41) is 0. The summed E-state index contributed by atoms with van der Waals surface area (Å²) in [6.45, 7) is 7.96. The van der Waals surface area contributed by atoms with Gasteiger partial charge in [-0.2, -0.15) is 0 Å². The molecular weight excluding hydrogens is 340 g/mol. The van der Waals surface area contributed by atoms with E-state index in [9.17, 15) is 9.59 Å². The first kappa shape index (κ1) is 25.9. The van der Waals surface area contributed by atoms with Crippen LogP contribution in [0.15, 0.2) is 0 Å². The molecule has 0 fully saturated rings. The fourth-order valence-corrected chi connectivity index (χ4v) is 2.87. The molecule has 0 aromatic heterocycles. The zero-order valence-electron chi connectivity index (χ0n) is 18.4. The van der Waals surface area contributed by atoms with Gasteiger partial charge in [0.15, 0.2) is 0 Å². The van der Waals surface area contributed by atoms with Crippen molar-refractivity contribution in [1.29, 1.82) is 0 Å². The van der Waals surface area contributed by atoms with Crippen LogP contribution in [0.2, 0.25) is 0 Å². The average Bonchev–Trinajstić information content (AvgIpc) is 2.61. The fourth-order valence-electron chi connectivity index (χ4n) is 2.87. The van der Waals surface area contributed by atoms with Crippen LogP contribution in [0.1, 0.15) is 118 Å². The van der Waals surface area contributed by atoms with E-state index in [2.05, 4.69) is 6.92 Å². The van der Waals surface area contributed by atoms with Gasteiger partial charge in [0.25, 0.3) is 0 Å². The molecule has 0 atom stereocenters. The number of esters is 2. The fraction of sp³-hybridized carbons (Fsp3) is 0.913. The molecule has 4 heteroatoms. The minimum atomic E-state index is -0.515. The van der Waals surface area contributed by atoms with Gasteiger partial charge in [0, 0.05) is 6.42 Å². The Kier molecular flexibility index (Phi) is 16.4. The van der Waals surface area contributed by atoms with E-state index in [4.69, 9.17) is 9.47 Å². The molecule has 0 radical (unpaired) electrons. The number of rotatable bonds is 17. The van der Waals surface area contributed by atoms with E-state index >= 15 is 0 Å². The van der Waals surface area contributed by atoms with Crippen molar-refractivity contribution in [3.63, 3.8) is 0 Å². The topological polar surface area (TPSA) is 52.6 Å². The summed E-state index contributed by atoms with van der Waals surface area (Å²) in [6.07, 6.45) is 17.3. The molecule has 0 heterocycles. The van der Waals surface area contributed by atoms with Gasteiger partial charge in [-0.1, -0.05) is 84.0 Å². The lowest BCUT2D eigenvalue weighted by molar-refractivity contribution is -0.158. The Morgan fingerprint density at radius 3 is 1.48 bits per heavy atom. The molecule has 0 aromatic rings. The quantitative estimate of drug-likeness (QED) is 0.209. The Balaban J connectivity index is 3.29. The molecular formula is C23H44O4. The van der Waals surface area contributed by atoms with Crippen molar-refractivity contribution in [2.75, 3.05) is 13.2 Å². The summed E-state index contributed by atoms with van der Waals surface area (Å²) in [5.41, 5.74) is -0.515. The van der Waals surface area contributed by atoms with E-state index in [1.807, 2.05) is 0 Å². The molecule has 0 saturated heterocycles. The van der Waals surface area contributed by atoms with Crippen molar-refractivity contribution in [2.24, 2.45) is 5.41 Å². The summed E-state index contributed by atoms with van der Waals surface area (Å²) in [7, 11) is 0. The van der Waals surface area contributed by atoms with Gasteiger partial charge in [-0.25, -0.2) is 0 Å². The molecule has 4 nitrogen and oxygen atoms in total. The van der Waals surface area contributed by atoms with Gasteiger partial charge < -0.3 is 9.47 Å². The second-order valence-corrected chi connectivity index (χ2v) is 8.60. The number of carbonyl (C=O) groups is 2. The third-order valence-electron chi connectivity index (χ3n) is 4.68. The predicted molar refractivity (Wildman–Crippen MR) is 112 cm³/mol. The van der Waals surface area contributed by atoms with Crippen LogP contribution in [-0.4, -0.2) is 25.2 Å². The number of ether oxygens (including phenoxy) is 2. The lowest BCUT2D eigenvalue weighted by Crippen LogP contribution is -2.24. The van der Waals surface area contributed by atoms with E-state index in [0.717, 1.165) is 12.8 Å². The van der Waals surface area contributed by atoms with E-state index in [1.165, 1.54) is 70.6 Å². The van der Waals surface area contributed by atoms with Gasteiger partial charge in [0.2, 0.25) is 0 Å². The van der Waals surface area contributed by atoms with Crippen molar-refractivity contribution >= 4 is 11.9 Å². The maximum Gasteiger partial charge on any atom is 0.311 e. The standard InChI is InChI=1S/C23H44O4/c1-5-6-7-8-9-10-11-12-13-14-15-16-17-18-21(24)26-19-20-27-22(25)23(2,3)4/h5-20H2,1-4H3. The summed E-state index contributed by atoms with van der Waals surface area (Å²) in [5.74, 6) is -0.458. The van der Waals surface area contributed by atoms with Gasteiger partial charge in [0.1, 0.15) is 13.2 Å². The van der Waals surface area contributed by atoms with Gasteiger partial charge in [-0.3, -0.25) is 9.59 Å². The molecule has 0 aromatic carbocycles. The average molecular weight is 385 g/mol. The predicted octanol–water partition coefficient (Wildman–Crippen LogP) is 6.60. The van der Waals surface area contributed by atoms with Crippen LogP contribution in [0.5, 0.6) is 0 Å². The lowest BCUT2D eigenvalue weighted by atomic mass is 9.97. The molecule has 27 heavy (non-hydrogen) atoms. The van der Waals surface area contributed by atoms with Crippen LogP contribution in [0.4, 0.5) is 0 Å². The smallest absolute Gasteiger partial charge is 0.311 e. The van der Waals surface area contributed by atoms with Crippen LogP contribution >= 0.6 is 0 Å². The second kappa shape index (κ2) is 17.1. The SMILES string of the molecule is CCCCCCCCCCCCCCCC(=O)OCCOC(=O)C(C)(C)C. The minimum Gasteiger partial charge on any atom is -0.462 e. The van der Waals surface area contributed by atoms with Gasteiger partial charge in [0.05, 0.1) is 5.41 Å². The molecule has 0 aliphatic heterocycles. The maximum atomic E-state index is 11.6. The van der Waals surface area contributed by atoms with Gasteiger partial charge in [-0.05, 0) is 27.2 Å². The van der Waals surface area contributed by atoms with E-state index in [0.29, 0.717) is 6.42 Å². The van der Waals surface area contributed by atoms with Crippen molar-refractivity contribution in [3.05, 3.63) is 0 Å². The largest absolute Gasteiger partial charge is 0.462 e. The molecule has 0 spiro atoms. The Bertz CT molecular complexity index is 371. The Labute approximate surface area is 167 Å². The monoisotopic (exact) mass is 384 g/mol. The molecule has 0 rings (SSSR count). The Morgan fingerprint density at radius 1 is 0.630 bits per heavy atom. The van der Waals surface area contributed by atoms with E-state index < -0.39 is 5.41 Å². The normalized spacial score (nSPS) is 11.4. The number of hydrogen-bond acceptors (Lipinski definition) is 4. The molecule has 0 aliphatic carbocycles. The Morgan fingerprint density at radius 2 is 1.04 bits per heavy atom. The van der Waals surface area contributed by atoms with Crippen molar-refractivity contribution in [2.45, 2.75) is 118 Å².